The maximum absolute atomic E-state index is 13.4. The Labute approximate surface area is 183 Å². The number of H-pyrrole nitrogens is 1. The molecule has 0 aliphatic carbocycles. The third-order valence-electron chi connectivity index (χ3n) is 4.79. The smallest absolute Gasteiger partial charge is 0.416 e. The number of alkyl halides is 3. The number of aromatic nitrogens is 3. The highest BCUT2D eigenvalue weighted by Gasteiger charge is 2.33. The van der Waals surface area contributed by atoms with Crippen LogP contribution in [-0.2, 0) is 17.4 Å². The largest absolute Gasteiger partial charge is 0.481 e. The lowest BCUT2D eigenvalue weighted by molar-refractivity contribution is -0.138. The van der Waals surface area contributed by atoms with Crippen LogP contribution in [0.15, 0.2) is 52.9 Å². The predicted octanol–water partition coefficient (Wildman–Crippen LogP) is 5.86. The monoisotopic (exact) mass is 463 g/mol. The lowest BCUT2D eigenvalue weighted by Gasteiger charge is -2.18. The summed E-state index contributed by atoms with van der Waals surface area (Å²) in [5, 5.41) is 21.7. The lowest BCUT2D eigenvalue weighted by atomic mass is 10.0. The third-order valence-corrected chi connectivity index (χ3v) is 7.06. The van der Waals surface area contributed by atoms with Gasteiger partial charge in [-0.15, -0.1) is 23.1 Å². The summed E-state index contributed by atoms with van der Waals surface area (Å²) in [6.07, 6.45) is -3.01. The molecule has 1 atom stereocenters. The van der Waals surface area contributed by atoms with Gasteiger partial charge >= 0.3 is 12.1 Å². The summed E-state index contributed by atoms with van der Waals surface area (Å²) < 4.78 is 41.3. The Morgan fingerprint density at radius 1 is 1.26 bits per heavy atom. The highest BCUT2D eigenvalue weighted by Crippen LogP contribution is 2.43. The molecular formula is C21H16F3N3O2S2. The number of hydrogen-bond acceptors (Lipinski definition) is 5. The number of nitrogens with zero attached hydrogens (tertiary/aromatic N) is 2. The molecule has 5 nitrogen and oxygen atoms in total. The minimum absolute atomic E-state index is 0.0579. The van der Waals surface area contributed by atoms with Crippen LogP contribution >= 0.6 is 23.1 Å². The molecule has 2 N–H and O–H groups in total. The average Bonchev–Trinajstić information content (AvgIpc) is 3.36. The number of carbonyl (C=O) groups is 1. The summed E-state index contributed by atoms with van der Waals surface area (Å²) in [6.45, 7) is 1.43. The van der Waals surface area contributed by atoms with E-state index in [9.17, 15) is 18.0 Å². The van der Waals surface area contributed by atoms with Gasteiger partial charge in [0, 0.05) is 9.60 Å². The molecule has 0 aliphatic rings. The van der Waals surface area contributed by atoms with Crippen molar-refractivity contribution in [1.29, 1.82) is 0 Å². The van der Waals surface area contributed by atoms with Gasteiger partial charge in [-0.3, -0.25) is 4.79 Å². The van der Waals surface area contributed by atoms with Gasteiger partial charge in [-0.2, -0.15) is 28.6 Å². The first-order valence-electron chi connectivity index (χ1n) is 9.14. The maximum atomic E-state index is 13.4. The van der Waals surface area contributed by atoms with Crippen molar-refractivity contribution in [1.82, 2.24) is 15.4 Å². The van der Waals surface area contributed by atoms with E-state index in [0.29, 0.717) is 11.3 Å². The molecule has 0 saturated heterocycles. The molecule has 1 unspecified atom stereocenters. The Balaban J connectivity index is 1.71. The van der Waals surface area contributed by atoms with Crippen LogP contribution < -0.4 is 0 Å². The van der Waals surface area contributed by atoms with Crippen LogP contribution in [-0.4, -0.2) is 26.5 Å². The SMILES string of the molecule is Cc1ccc(C(Sc2ccc3c(CC(=O)O)csc3c2)c2cn[nH]n2)cc1C(F)(F)F. The van der Waals surface area contributed by atoms with Gasteiger partial charge < -0.3 is 5.11 Å². The van der Waals surface area contributed by atoms with E-state index >= 15 is 0 Å². The molecule has 160 valence electrons. The molecule has 0 amide bonds. The number of rotatable bonds is 6. The molecule has 2 aromatic heterocycles. The van der Waals surface area contributed by atoms with Crippen LogP contribution in [0.4, 0.5) is 13.2 Å². The van der Waals surface area contributed by atoms with Crippen LogP contribution in [0.1, 0.15) is 33.2 Å². The van der Waals surface area contributed by atoms with E-state index in [-0.39, 0.29) is 12.0 Å². The van der Waals surface area contributed by atoms with Gasteiger partial charge in [-0.05, 0) is 52.6 Å². The van der Waals surface area contributed by atoms with Gasteiger partial charge in [-0.1, -0.05) is 18.2 Å². The average molecular weight is 464 g/mol. The van der Waals surface area contributed by atoms with E-state index in [1.807, 2.05) is 23.6 Å². The van der Waals surface area contributed by atoms with Gasteiger partial charge in [0.1, 0.15) is 5.69 Å². The second-order valence-corrected chi connectivity index (χ2v) is 9.04. The molecule has 31 heavy (non-hydrogen) atoms. The number of aromatic amines is 1. The van der Waals surface area contributed by atoms with Gasteiger partial charge in [-0.25, -0.2) is 0 Å². The van der Waals surface area contributed by atoms with Crippen molar-refractivity contribution >= 4 is 39.2 Å². The number of aliphatic carboxylic acids is 1. The molecule has 0 radical (unpaired) electrons. The Kier molecular flexibility index (Phi) is 5.76. The number of aryl methyl sites for hydroxylation is 1. The first-order chi connectivity index (χ1) is 14.7. The summed E-state index contributed by atoms with van der Waals surface area (Å²) in [5.74, 6) is -0.899. The fourth-order valence-electron chi connectivity index (χ4n) is 3.32. The Bertz CT molecular complexity index is 1240. The molecule has 10 heteroatoms. The molecule has 4 aromatic rings. The van der Waals surface area contributed by atoms with Crippen molar-refractivity contribution in [3.63, 3.8) is 0 Å². The highest BCUT2D eigenvalue weighted by atomic mass is 32.2. The zero-order chi connectivity index (χ0) is 22.2. The second-order valence-electron chi connectivity index (χ2n) is 6.95. The number of hydrogen-bond donors (Lipinski definition) is 2. The fraction of sp³-hybridized carbons (Fsp3) is 0.190. The van der Waals surface area contributed by atoms with Crippen molar-refractivity contribution in [3.05, 3.63) is 75.9 Å². The van der Waals surface area contributed by atoms with E-state index in [2.05, 4.69) is 15.4 Å². The van der Waals surface area contributed by atoms with Gasteiger partial charge in [0.25, 0.3) is 0 Å². The number of nitrogens with one attached hydrogen (secondary N) is 1. The summed E-state index contributed by atoms with van der Waals surface area (Å²) in [7, 11) is 0. The lowest BCUT2D eigenvalue weighted by Crippen LogP contribution is -2.09. The Morgan fingerprint density at radius 2 is 2.06 bits per heavy atom. The molecule has 0 saturated carbocycles. The molecule has 0 aliphatic heterocycles. The van der Waals surface area contributed by atoms with Crippen molar-refractivity contribution in [2.45, 2.75) is 29.7 Å². The van der Waals surface area contributed by atoms with E-state index < -0.39 is 23.0 Å². The zero-order valence-electron chi connectivity index (χ0n) is 16.1. The molecule has 4 rings (SSSR count). The first-order valence-corrected chi connectivity index (χ1v) is 10.9. The Hall–Kier alpha value is -2.85. The molecule has 0 fully saturated rings. The molecular weight excluding hydrogens is 447 g/mol. The number of fused-ring (bicyclic) bond motifs is 1. The quantitative estimate of drug-likeness (QED) is 0.351. The predicted molar refractivity (Wildman–Crippen MR) is 113 cm³/mol. The summed E-state index contributed by atoms with van der Waals surface area (Å²) in [5.41, 5.74) is 1.21. The minimum Gasteiger partial charge on any atom is -0.481 e. The summed E-state index contributed by atoms with van der Waals surface area (Å²) >= 11 is 2.80. The van der Waals surface area contributed by atoms with Crippen LogP contribution in [0.5, 0.6) is 0 Å². The van der Waals surface area contributed by atoms with Crippen molar-refractivity contribution < 1.29 is 23.1 Å². The Morgan fingerprint density at radius 3 is 2.74 bits per heavy atom. The fourth-order valence-corrected chi connectivity index (χ4v) is 5.51. The van der Waals surface area contributed by atoms with Gasteiger partial charge in [0.05, 0.1) is 23.4 Å². The maximum Gasteiger partial charge on any atom is 0.416 e. The van der Waals surface area contributed by atoms with Crippen LogP contribution in [0.3, 0.4) is 0 Å². The van der Waals surface area contributed by atoms with E-state index in [4.69, 9.17) is 5.11 Å². The standard InChI is InChI=1S/C21H16F3N3O2S2/c1-11-2-3-12(6-16(11)21(22,23)24)20(17-9-25-27-26-17)31-14-4-5-15-13(7-19(28)29)10-30-18(15)8-14/h2-6,8-10,20H,7H2,1H3,(H,28,29)(H,25,26,27). The zero-order valence-corrected chi connectivity index (χ0v) is 17.7. The number of halogens is 3. The van der Waals surface area contributed by atoms with Crippen LogP contribution in [0.2, 0.25) is 0 Å². The minimum atomic E-state index is -4.45. The van der Waals surface area contributed by atoms with Crippen LogP contribution in [0.25, 0.3) is 10.1 Å². The number of thioether (sulfide) groups is 1. The van der Waals surface area contributed by atoms with Crippen molar-refractivity contribution in [2.24, 2.45) is 0 Å². The van der Waals surface area contributed by atoms with E-state index in [1.165, 1.54) is 42.3 Å². The number of carboxylic acid groups (broad SMARTS) is 1. The van der Waals surface area contributed by atoms with Crippen LogP contribution in [0, 0.1) is 6.92 Å². The van der Waals surface area contributed by atoms with Crippen molar-refractivity contribution in [2.75, 3.05) is 0 Å². The number of benzene rings is 2. The normalized spacial score (nSPS) is 12.9. The van der Waals surface area contributed by atoms with Crippen molar-refractivity contribution in [3.8, 4) is 0 Å². The molecule has 0 spiro atoms. The van der Waals surface area contributed by atoms with Gasteiger partial charge in [0.15, 0.2) is 0 Å². The van der Waals surface area contributed by atoms with Gasteiger partial charge in [0.2, 0.25) is 0 Å². The number of thiophene rings is 1. The second kappa shape index (κ2) is 8.35. The summed E-state index contributed by atoms with van der Waals surface area (Å²) in [4.78, 5) is 11.9. The van der Waals surface area contributed by atoms with E-state index in [0.717, 1.165) is 26.6 Å². The third kappa shape index (κ3) is 4.59. The summed E-state index contributed by atoms with van der Waals surface area (Å²) in [6, 6.07) is 9.91. The molecule has 0 bridgehead atoms. The highest BCUT2D eigenvalue weighted by molar-refractivity contribution is 7.99. The molecule has 2 heterocycles. The van der Waals surface area contributed by atoms with E-state index in [1.54, 1.807) is 6.07 Å². The topological polar surface area (TPSA) is 78.9 Å². The first kappa shape index (κ1) is 21.4. The molecule has 2 aromatic carbocycles. The number of carboxylic acids is 1.